The van der Waals surface area contributed by atoms with E-state index in [1.54, 1.807) is 0 Å². The predicted molar refractivity (Wildman–Crippen MR) is 71.0 cm³/mol. The van der Waals surface area contributed by atoms with Gasteiger partial charge in [-0.2, -0.15) is 0 Å². The third-order valence-corrected chi connectivity index (χ3v) is 3.05. The Labute approximate surface area is 103 Å². The summed E-state index contributed by atoms with van der Waals surface area (Å²) in [6.45, 7) is 8.97. The maximum atomic E-state index is 12.1. The van der Waals surface area contributed by atoms with E-state index in [-0.39, 0.29) is 5.91 Å². The highest BCUT2D eigenvalue weighted by molar-refractivity contribution is 5.87. The summed E-state index contributed by atoms with van der Waals surface area (Å²) in [5.41, 5.74) is 8.30. The fourth-order valence-electron chi connectivity index (χ4n) is 2.04. The number of benzene rings is 1. The zero-order chi connectivity index (χ0) is 13.1. The van der Waals surface area contributed by atoms with E-state index in [2.05, 4.69) is 18.3 Å². The van der Waals surface area contributed by atoms with E-state index in [1.165, 1.54) is 5.56 Å². The SMILES string of the molecule is Cc1ccc(C(C)(C)C(=O)NCCN)c(C)c1. The van der Waals surface area contributed by atoms with Gasteiger partial charge in [0, 0.05) is 13.1 Å². The molecule has 0 aliphatic carbocycles. The molecule has 1 amide bonds. The minimum atomic E-state index is -0.521. The van der Waals surface area contributed by atoms with E-state index >= 15 is 0 Å². The Bertz CT molecular complexity index is 411. The highest BCUT2D eigenvalue weighted by atomic mass is 16.2. The summed E-state index contributed by atoms with van der Waals surface area (Å²) < 4.78 is 0. The molecule has 0 aliphatic rings. The molecule has 0 radical (unpaired) electrons. The number of nitrogens with two attached hydrogens (primary N) is 1. The summed E-state index contributed by atoms with van der Waals surface area (Å²) in [4.78, 5) is 12.1. The number of amides is 1. The van der Waals surface area contributed by atoms with Crippen molar-refractivity contribution in [1.29, 1.82) is 0 Å². The molecular weight excluding hydrogens is 212 g/mol. The number of hydrogen-bond donors (Lipinski definition) is 2. The Kier molecular flexibility index (Phi) is 4.29. The summed E-state index contributed by atoms with van der Waals surface area (Å²) in [7, 11) is 0. The Hall–Kier alpha value is -1.35. The van der Waals surface area contributed by atoms with Crippen molar-refractivity contribution in [3.63, 3.8) is 0 Å². The number of carbonyl (C=O) groups excluding carboxylic acids is 1. The van der Waals surface area contributed by atoms with Gasteiger partial charge in [-0.1, -0.05) is 23.8 Å². The Morgan fingerprint density at radius 2 is 2.00 bits per heavy atom. The van der Waals surface area contributed by atoms with Crippen LogP contribution < -0.4 is 11.1 Å². The molecule has 0 heterocycles. The van der Waals surface area contributed by atoms with E-state index in [4.69, 9.17) is 5.73 Å². The molecule has 1 rings (SSSR count). The smallest absolute Gasteiger partial charge is 0.230 e. The molecule has 3 heteroatoms. The molecule has 0 bridgehead atoms. The quantitative estimate of drug-likeness (QED) is 0.832. The molecule has 3 nitrogen and oxygen atoms in total. The lowest BCUT2D eigenvalue weighted by atomic mass is 9.80. The average molecular weight is 234 g/mol. The van der Waals surface area contributed by atoms with Crippen LogP contribution in [0.3, 0.4) is 0 Å². The molecule has 0 unspecified atom stereocenters. The Morgan fingerprint density at radius 3 is 2.53 bits per heavy atom. The van der Waals surface area contributed by atoms with Crippen molar-refractivity contribution in [3.8, 4) is 0 Å². The second-order valence-electron chi connectivity index (χ2n) is 4.99. The van der Waals surface area contributed by atoms with Crippen LogP contribution in [0.25, 0.3) is 0 Å². The van der Waals surface area contributed by atoms with Gasteiger partial charge in [-0.05, 0) is 38.8 Å². The van der Waals surface area contributed by atoms with E-state index in [0.717, 1.165) is 11.1 Å². The van der Waals surface area contributed by atoms with E-state index in [9.17, 15) is 4.79 Å². The molecular formula is C14H22N2O. The number of hydrogen-bond acceptors (Lipinski definition) is 2. The second kappa shape index (κ2) is 5.32. The van der Waals surface area contributed by atoms with Crippen LogP contribution in [0.4, 0.5) is 0 Å². The number of rotatable bonds is 4. The summed E-state index contributed by atoms with van der Waals surface area (Å²) in [6.07, 6.45) is 0. The van der Waals surface area contributed by atoms with Crippen molar-refractivity contribution in [3.05, 3.63) is 34.9 Å². The third kappa shape index (κ3) is 3.07. The molecule has 0 aromatic heterocycles. The summed E-state index contributed by atoms with van der Waals surface area (Å²) >= 11 is 0. The molecule has 1 aromatic carbocycles. The van der Waals surface area contributed by atoms with Crippen LogP contribution in [0, 0.1) is 13.8 Å². The molecule has 0 saturated carbocycles. The Morgan fingerprint density at radius 1 is 1.35 bits per heavy atom. The summed E-state index contributed by atoms with van der Waals surface area (Å²) in [6, 6.07) is 6.18. The molecule has 0 aliphatic heterocycles. The first kappa shape index (κ1) is 13.7. The van der Waals surface area contributed by atoms with Gasteiger partial charge in [0.05, 0.1) is 5.41 Å². The van der Waals surface area contributed by atoms with Crippen LogP contribution in [0.5, 0.6) is 0 Å². The van der Waals surface area contributed by atoms with Gasteiger partial charge in [-0.3, -0.25) is 4.79 Å². The molecule has 0 fully saturated rings. The van der Waals surface area contributed by atoms with Crippen molar-refractivity contribution < 1.29 is 4.79 Å². The second-order valence-corrected chi connectivity index (χ2v) is 4.99. The van der Waals surface area contributed by atoms with Crippen LogP contribution >= 0.6 is 0 Å². The summed E-state index contributed by atoms with van der Waals surface area (Å²) in [5, 5.41) is 2.85. The summed E-state index contributed by atoms with van der Waals surface area (Å²) in [5.74, 6) is 0.0231. The molecule has 0 atom stereocenters. The van der Waals surface area contributed by atoms with Gasteiger partial charge >= 0.3 is 0 Å². The zero-order valence-corrected chi connectivity index (χ0v) is 11.1. The van der Waals surface area contributed by atoms with E-state index in [1.807, 2.05) is 32.9 Å². The van der Waals surface area contributed by atoms with Crippen molar-refractivity contribution in [2.75, 3.05) is 13.1 Å². The van der Waals surface area contributed by atoms with Crippen molar-refractivity contribution in [2.24, 2.45) is 5.73 Å². The lowest BCUT2D eigenvalue weighted by molar-refractivity contribution is -0.125. The largest absolute Gasteiger partial charge is 0.354 e. The van der Waals surface area contributed by atoms with E-state index in [0.29, 0.717) is 13.1 Å². The average Bonchev–Trinajstić information content (AvgIpc) is 2.25. The van der Waals surface area contributed by atoms with Crippen molar-refractivity contribution >= 4 is 5.91 Å². The zero-order valence-electron chi connectivity index (χ0n) is 11.1. The van der Waals surface area contributed by atoms with Gasteiger partial charge in [0.1, 0.15) is 0 Å². The first-order valence-corrected chi connectivity index (χ1v) is 5.95. The van der Waals surface area contributed by atoms with Gasteiger partial charge < -0.3 is 11.1 Å². The number of nitrogens with one attached hydrogen (secondary N) is 1. The normalized spacial score (nSPS) is 11.4. The molecule has 1 aromatic rings. The monoisotopic (exact) mass is 234 g/mol. The molecule has 0 saturated heterocycles. The van der Waals surface area contributed by atoms with Gasteiger partial charge in [0.2, 0.25) is 5.91 Å². The topological polar surface area (TPSA) is 55.1 Å². The standard InChI is InChI=1S/C14H22N2O/c1-10-5-6-12(11(2)9-10)14(3,4)13(17)16-8-7-15/h5-6,9H,7-8,15H2,1-4H3,(H,16,17). The van der Waals surface area contributed by atoms with E-state index < -0.39 is 5.41 Å². The third-order valence-electron chi connectivity index (χ3n) is 3.05. The first-order chi connectivity index (χ1) is 7.89. The van der Waals surface area contributed by atoms with Crippen LogP contribution in [0.15, 0.2) is 18.2 Å². The minimum Gasteiger partial charge on any atom is -0.354 e. The lowest BCUT2D eigenvalue weighted by Gasteiger charge is -2.26. The lowest BCUT2D eigenvalue weighted by Crippen LogP contribution is -2.42. The van der Waals surface area contributed by atoms with Crippen LogP contribution in [0.2, 0.25) is 0 Å². The van der Waals surface area contributed by atoms with Crippen molar-refractivity contribution in [2.45, 2.75) is 33.1 Å². The maximum Gasteiger partial charge on any atom is 0.230 e. The van der Waals surface area contributed by atoms with Crippen LogP contribution in [-0.2, 0) is 10.2 Å². The van der Waals surface area contributed by atoms with Crippen LogP contribution in [-0.4, -0.2) is 19.0 Å². The van der Waals surface area contributed by atoms with Gasteiger partial charge in [0.25, 0.3) is 0 Å². The Balaban J connectivity index is 2.99. The van der Waals surface area contributed by atoms with Crippen LogP contribution in [0.1, 0.15) is 30.5 Å². The number of aryl methyl sites for hydroxylation is 2. The fourth-order valence-corrected chi connectivity index (χ4v) is 2.04. The molecule has 3 N–H and O–H groups in total. The maximum absolute atomic E-state index is 12.1. The highest BCUT2D eigenvalue weighted by Gasteiger charge is 2.30. The van der Waals surface area contributed by atoms with Gasteiger partial charge in [-0.25, -0.2) is 0 Å². The molecule has 94 valence electrons. The van der Waals surface area contributed by atoms with Crippen molar-refractivity contribution in [1.82, 2.24) is 5.32 Å². The minimum absolute atomic E-state index is 0.0231. The fraction of sp³-hybridized carbons (Fsp3) is 0.500. The van der Waals surface area contributed by atoms with Gasteiger partial charge in [-0.15, -0.1) is 0 Å². The van der Waals surface area contributed by atoms with Gasteiger partial charge in [0.15, 0.2) is 0 Å². The molecule has 0 spiro atoms. The number of carbonyl (C=O) groups is 1. The first-order valence-electron chi connectivity index (χ1n) is 5.95. The highest BCUT2D eigenvalue weighted by Crippen LogP contribution is 2.27. The predicted octanol–water partition coefficient (Wildman–Crippen LogP) is 1.66. The molecule has 17 heavy (non-hydrogen) atoms.